The lowest BCUT2D eigenvalue weighted by atomic mass is 10.1. The molecule has 0 saturated carbocycles. The minimum Gasteiger partial charge on any atom is -0.449 e. The summed E-state index contributed by atoms with van der Waals surface area (Å²) in [5, 5.41) is 0. The zero-order valence-corrected chi connectivity index (χ0v) is 11.4. The Balaban J connectivity index is 2.16. The Labute approximate surface area is 118 Å². The van der Waals surface area contributed by atoms with Gasteiger partial charge >= 0.3 is 6.09 Å². The van der Waals surface area contributed by atoms with Crippen LogP contribution in [0.25, 0.3) is 0 Å². The maximum Gasteiger partial charge on any atom is 0.416 e. The highest BCUT2D eigenvalue weighted by Crippen LogP contribution is 2.16. The fourth-order valence-corrected chi connectivity index (χ4v) is 1.98. The second-order valence-electron chi connectivity index (χ2n) is 4.40. The van der Waals surface area contributed by atoms with Gasteiger partial charge < -0.3 is 4.74 Å². The minimum absolute atomic E-state index is 0.219. The molecule has 0 aromatic heterocycles. The summed E-state index contributed by atoms with van der Waals surface area (Å²) >= 11 is 0. The highest BCUT2D eigenvalue weighted by atomic mass is 16.6. The van der Waals surface area contributed by atoms with Gasteiger partial charge in [0, 0.05) is 0 Å². The maximum atomic E-state index is 12.4. The van der Waals surface area contributed by atoms with Gasteiger partial charge in [0.1, 0.15) is 0 Å². The highest BCUT2D eigenvalue weighted by molar-refractivity contribution is 5.95. The summed E-state index contributed by atoms with van der Waals surface area (Å²) < 4.78 is 4.97. The third kappa shape index (κ3) is 3.35. The summed E-state index contributed by atoms with van der Waals surface area (Å²) in [6.45, 7) is 2.18. The number of carbonyl (C=O) groups is 2. The molecule has 0 N–H and O–H groups in total. The van der Waals surface area contributed by atoms with E-state index in [4.69, 9.17) is 4.74 Å². The minimum atomic E-state index is -0.602. The van der Waals surface area contributed by atoms with Crippen molar-refractivity contribution in [2.75, 3.05) is 6.61 Å². The van der Waals surface area contributed by atoms with Crippen molar-refractivity contribution in [3.63, 3.8) is 0 Å². The molecule has 0 unspecified atom stereocenters. The van der Waals surface area contributed by atoms with Crippen LogP contribution in [-0.4, -0.2) is 23.5 Å². The number of imide groups is 1. The summed E-state index contributed by atoms with van der Waals surface area (Å²) in [5.74, 6) is -0.652. The van der Waals surface area contributed by atoms with Crippen LogP contribution in [0.3, 0.4) is 0 Å². The third-order valence-electron chi connectivity index (χ3n) is 2.97. The van der Waals surface area contributed by atoms with Crippen LogP contribution in [0.15, 0.2) is 54.6 Å². The fraction of sp³-hybridized carbons (Fsp3) is 0.250. The summed E-state index contributed by atoms with van der Waals surface area (Å²) in [5.41, 5.74) is 0.889. The molecule has 1 aromatic carbocycles. The van der Waals surface area contributed by atoms with Gasteiger partial charge in [-0.3, -0.25) is 4.79 Å². The number of ether oxygens (including phenoxy) is 1. The van der Waals surface area contributed by atoms with Gasteiger partial charge in [0.15, 0.2) is 0 Å². The second kappa shape index (κ2) is 6.70. The predicted molar refractivity (Wildman–Crippen MR) is 75.8 cm³/mol. The van der Waals surface area contributed by atoms with Crippen molar-refractivity contribution >= 4 is 12.0 Å². The summed E-state index contributed by atoms with van der Waals surface area (Å²) in [4.78, 5) is 25.5. The quantitative estimate of drug-likeness (QED) is 0.846. The lowest BCUT2D eigenvalue weighted by Crippen LogP contribution is -2.39. The van der Waals surface area contributed by atoms with Gasteiger partial charge in [-0.2, -0.15) is 0 Å². The number of rotatable bonds is 4. The molecule has 1 aliphatic rings. The first-order valence-electron chi connectivity index (χ1n) is 6.59. The zero-order valence-electron chi connectivity index (χ0n) is 11.4. The molecule has 0 heterocycles. The van der Waals surface area contributed by atoms with Gasteiger partial charge in [0.2, 0.25) is 5.91 Å². The Kier molecular flexibility index (Phi) is 4.71. The summed E-state index contributed by atoms with van der Waals surface area (Å²) in [7, 11) is 0. The van der Waals surface area contributed by atoms with Crippen molar-refractivity contribution in [3.05, 3.63) is 60.2 Å². The standard InChI is InChI=1S/C16H17NO3/c1-2-20-16(19)17(12-13-8-4-3-5-9-13)15(18)14-10-6-7-11-14/h3-11,14H,2,12H2,1H3. The van der Waals surface area contributed by atoms with Gasteiger partial charge in [0.05, 0.1) is 19.1 Å². The lowest BCUT2D eigenvalue weighted by Gasteiger charge is -2.22. The molecule has 1 aromatic rings. The molecule has 2 rings (SSSR count). The van der Waals surface area contributed by atoms with Gasteiger partial charge in [-0.25, -0.2) is 9.69 Å². The SMILES string of the molecule is CCOC(=O)N(Cc1ccccc1)C(=O)C1C=CC=C1. The lowest BCUT2D eigenvalue weighted by molar-refractivity contribution is -0.131. The Hall–Kier alpha value is -2.36. The van der Waals surface area contributed by atoms with E-state index in [2.05, 4.69) is 0 Å². The van der Waals surface area contributed by atoms with Crippen LogP contribution >= 0.6 is 0 Å². The molecule has 0 saturated heterocycles. The van der Waals surface area contributed by atoms with Crippen LogP contribution in [0.2, 0.25) is 0 Å². The number of benzene rings is 1. The average molecular weight is 271 g/mol. The third-order valence-corrected chi connectivity index (χ3v) is 2.97. The number of amides is 2. The second-order valence-corrected chi connectivity index (χ2v) is 4.40. The Morgan fingerprint density at radius 2 is 1.80 bits per heavy atom. The van der Waals surface area contributed by atoms with E-state index in [0.717, 1.165) is 10.5 Å². The summed E-state index contributed by atoms with van der Waals surface area (Å²) in [6, 6.07) is 9.39. The van der Waals surface area contributed by atoms with E-state index in [0.29, 0.717) is 0 Å². The number of carbonyl (C=O) groups excluding carboxylic acids is 2. The Morgan fingerprint density at radius 3 is 2.40 bits per heavy atom. The van der Waals surface area contributed by atoms with Gasteiger partial charge in [-0.15, -0.1) is 0 Å². The van der Waals surface area contributed by atoms with E-state index >= 15 is 0 Å². The zero-order chi connectivity index (χ0) is 14.4. The van der Waals surface area contributed by atoms with Crippen molar-refractivity contribution in [1.29, 1.82) is 0 Å². The normalized spacial score (nSPS) is 13.4. The molecular formula is C16H17NO3. The van der Waals surface area contributed by atoms with Crippen molar-refractivity contribution in [3.8, 4) is 0 Å². The molecule has 0 bridgehead atoms. The molecule has 0 fully saturated rings. The molecular weight excluding hydrogens is 254 g/mol. The van der Waals surface area contributed by atoms with Crippen molar-refractivity contribution in [2.24, 2.45) is 5.92 Å². The first-order chi connectivity index (χ1) is 9.72. The van der Waals surface area contributed by atoms with Gasteiger partial charge in [-0.1, -0.05) is 54.6 Å². The van der Waals surface area contributed by atoms with Crippen LogP contribution in [0.5, 0.6) is 0 Å². The topological polar surface area (TPSA) is 46.6 Å². The van der Waals surface area contributed by atoms with Gasteiger partial charge in [0.25, 0.3) is 0 Å². The Morgan fingerprint density at radius 1 is 1.15 bits per heavy atom. The average Bonchev–Trinajstić information content (AvgIpc) is 2.99. The molecule has 0 spiro atoms. The van der Waals surface area contributed by atoms with Crippen LogP contribution in [0.1, 0.15) is 12.5 Å². The molecule has 4 nitrogen and oxygen atoms in total. The van der Waals surface area contributed by atoms with Crippen LogP contribution in [0, 0.1) is 5.92 Å². The van der Waals surface area contributed by atoms with E-state index in [-0.39, 0.29) is 25.0 Å². The van der Waals surface area contributed by atoms with Gasteiger partial charge in [-0.05, 0) is 12.5 Å². The highest BCUT2D eigenvalue weighted by Gasteiger charge is 2.27. The maximum absolute atomic E-state index is 12.4. The van der Waals surface area contributed by atoms with Crippen LogP contribution in [-0.2, 0) is 16.1 Å². The molecule has 1 aliphatic carbocycles. The fourth-order valence-electron chi connectivity index (χ4n) is 1.98. The molecule has 2 amide bonds. The van der Waals surface area contributed by atoms with Crippen LogP contribution < -0.4 is 0 Å². The largest absolute Gasteiger partial charge is 0.449 e. The van der Waals surface area contributed by atoms with Crippen molar-refractivity contribution in [2.45, 2.75) is 13.5 Å². The van der Waals surface area contributed by atoms with Crippen LogP contribution in [0.4, 0.5) is 4.79 Å². The number of allylic oxidation sites excluding steroid dienone is 2. The van der Waals surface area contributed by atoms with Crippen molar-refractivity contribution < 1.29 is 14.3 Å². The molecule has 0 atom stereocenters. The number of hydrogen-bond acceptors (Lipinski definition) is 3. The molecule has 104 valence electrons. The van der Waals surface area contributed by atoms with E-state index < -0.39 is 6.09 Å². The number of hydrogen-bond donors (Lipinski definition) is 0. The van der Waals surface area contributed by atoms with E-state index in [1.165, 1.54) is 0 Å². The van der Waals surface area contributed by atoms with E-state index in [9.17, 15) is 9.59 Å². The summed E-state index contributed by atoms with van der Waals surface area (Å²) in [6.07, 6.45) is 6.53. The van der Waals surface area contributed by atoms with Crippen molar-refractivity contribution in [1.82, 2.24) is 4.90 Å². The monoisotopic (exact) mass is 271 g/mol. The first-order valence-corrected chi connectivity index (χ1v) is 6.59. The first kappa shape index (κ1) is 14.1. The smallest absolute Gasteiger partial charge is 0.416 e. The molecule has 0 aliphatic heterocycles. The molecule has 0 radical (unpaired) electrons. The molecule has 20 heavy (non-hydrogen) atoms. The Bertz CT molecular complexity index is 522. The predicted octanol–water partition coefficient (Wildman–Crippen LogP) is 2.91. The number of nitrogens with zero attached hydrogens (tertiary/aromatic N) is 1. The molecule has 4 heteroatoms. The van der Waals surface area contributed by atoms with E-state index in [1.54, 1.807) is 31.2 Å². The van der Waals surface area contributed by atoms with E-state index in [1.807, 2.05) is 30.3 Å².